The van der Waals surface area contributed by atoms with Crippen LogP contribution in [0, 0.1) is 11.3 Å². The molecule has 0 fully saturated rings. The van der Waals surface area contributed by atoms with Crippen molar-refractivity contribution in [3.05, 3.63) is 22.8 Å². The average Bonchev–Trinajstić information content (AvgIpc) is 2.97. The van der Waals surface area contributed by atoms with E-state index in [0.717, 1.165) is 24.1 Å². The fourth-order valence-electron chi connectivity index (χ4n) is 2.40. The summed E-state index contributed by atoms with van der Waals surface area (Å²) in [6, 6.07) is 4.07. The minimum Gasteiger partial charge on any atom is -0.474 e. The molecule has 2 heterocycles. The largest absolute Gasteiger partial charge is 0.474 e. The quantitative estimate of drug-likeness (QED) is 0.671. The molecular weight excluding hydrogens is 326 g/mol. The zero-order chi connectivity index (χ0) is 17.6. The standard InChI is InChI=1S/C18H24ClN3O2/c1-4-5-6-7-23-8-9-24-17-14(19)10-15-16(22-17)13(11-21-15)18(2,3)12-20/h10-11,21H,4-9H2,1-3H3. The van der Waals surface area contributed by atoms with Crippen LogP contribution in [0.3, 0.4) is 0 Å². The fourth-order valence-corrected chi connectivity index (χ4v) is 2.60. The molecule has 5 nitrogen and oxygen atoms in total. The van der Waals surface area contributed by atoms with Crippen LogP contribution >= 0.6 is 11.6 Å². The first-order valence-corrected chi connectivity index (χ1v) is 8.67. The number of ether oxygens (including phenoxy) is 2. The van der Waals surface area contributed by atoms with Gasteiger partial charge in [0.2, 0.25) is 5.88 Å². The molecule has 0 bridgehead atoms. The summed E-state index contributed by atoms with van der Waals surface area (Å²) < 4.78 is 11.2. The van der Waals surface area contributed by atoms with Gasteiger partial charge in [0.1, 0.15) is 11.6 Å². The second-order valence-corrected chi connectivity index (χ2v) is 6.69. The smallest absolute Gasteiger partial charge is 0.233 e. The monoisotopic (exact) mass is 349 g/mol. The molecule has 0 aliphatic heterocycles. The number of H-pyrrole nitrogens is 1. The fraction of sp³-hybridized carbons (Fsp3) is 0.556. The van der Waals surface area contributed by atoms with Crippen LogP contribution in [0.15, 0.2) is 12.3 Å². The average molecular weight is 350 g/mol. The highest BCUT2D eigenvalue weighted by Gasteiger charge is 2.25. The first-order valence-electron chi connectivity index (χ1n) is 8.29. The van der Waals surface area contributed by atoms with Crippen molar-refractivity contribution >= 4 is 22.6 Å². The van der Waals surface area contributed by atoms with Gasteiger partial charge in [-0.1, -0.05) is 31.4 Å². The number of aromatic nitrogens is 2. The minimum absolute atomic E-state index is 0.371. The Balaban J connectivity index is 2.04. The lowest BCUT2D eigenvalue weighted by Crippen LogP contribution is -2.13. The number of nitrogens with one attached hydrogen (secondary N) is 1. The summed E-state index contributed by atoms with van der Waals surface area (Å²) in [5, 5.41) is 9.79. The van der Waals surface area contributed by atoms with Crippen molar-refractivity contribution in [2.24, 2.45) is 0 Å². The summed E-state index contributed by atoms with van der Waals surface area (Å²) in [5.74, 6) is 0.371. The van der Waals surface area contributed by atoms with Gasteiger partial charge in [0.25, 0.3) is 0 Å². The Kier molecular flexibility index (Phi) is 6.47. The predicted molar refractivity (Wildman–Crippen MR) is 95.6 cm³/mol. The van der Waals surface area contributed by atoms with Crippen molar-refractivity contribution in [3.63, 3.8) is 0 Å². The van der Waals surface area contributed by atoms with Crippen molar-refractivity contribution in [2.75, 3.05) is 19.8 Å². The third-order valence-corrected chi connectivity index (χ3v) is 4.15. The maximum absolute atomic E-state index is 9.35. The Morgan fingerprint density at radius 2 is 2.08 bits per heavy atom. The summed E-state index contributed by atoms with van der Waals surface area (Å²) in [6.45, 7) is 7.52. The van der Waals surface area contributed by atoms with Crippen LogP contribution in [-0.4, -0.2) is 29.8 Å². The van der Waals surface area contributed by atoms with E-state index in [1.165, 1.54) is 12.8 Å². The number of fused-ring (bicyclic) bond motifs is 1. The number of rotatable bonds is 9. The molecule has 0 spiro atoms. The Bertz CT molecular complexity index is 719. The molecule has 6 heteroatoms. The SMILES string of the molecule is CCCCCOCCOc1nc2c(C(C)(C)C#N)c[nH]c2cc1Cl. The van der Waals surface area contributed by atoms with Crippen molar-refractivity contribution in [1.29, 1.82) is 5.26 Å². The van der Waals surface area contributed by atoms with Crippen LogP contribution in [0.2, 0.25) is 5.02 Å². The second kappa shape index (κ2) is 8.36. The lowest BCUT2D eigenvalue weighted by molar-refractivity contribution is 0.0960. The Hall–Kier alpha value is -1.77. The predicted octanol–water partition coefficient (Wildman–Crippen LogP) is 4.60. The van der Waals surface area contributed by atoms with Crippen molar-refractivity contribution < 1.29 is 9.47 Å². The third-order valence-electron chi connectivity index (χ3n) is 3.88. The molecular formula is C18H24ClN3O2. The van der Waals surface area contributed by atoms with E-state index < -0.39 is 5.41 Å². The van der Waals surface area contributed by atoms with Crippen molar-refractivity contribution in [1.82, 2.24) is 9.97 Å². The zero-order valence-corrected chi connectivity index (χ0v) is 15.2. The molecule has 0 aromatic carbocycles. The molecule has 2 aromatic rings. The van der Waals surface area contributed by atoms with Gasteiger partial charge < -0.3 is 14.5 Å². The van der Waals surface area contributed by atoms with Gasteiger partial charge in [-0.3, -0.25) is 0 Å². The van der Waals surface area contributed by atoms with Gasteiger partial charge in [0, 0.05) is 18.4 Å². The first-order chi connectivity index (χ1) is 11.5. The van der Waals surface area contributed by atoms with E-state index >= 15 is 0 Å². The summed E-state index contributed by atoms with van der Waals surface area (Å²) >= 11 is 6.23. The van der Waals surface area contributed by atoms with Crippen molar-refractivity contribution in [2.45, 2.75) is 45.4 Å². The van der Waals surface area contributed by atoms with Crippen LogP contribution in [-0.2, 0) is 10.2 Å². The molecule has 24 heavy (non-hydrogen) atoms. The molecule has 0 atom stereocenters. The number of halogens is 1. The van der Waals surface area contributed by atoms with Crippen LogP contribution in [0.25, 0.3) is 11.0 Å². The third kappa shape index (κ3) is 4.40. The Morgan fingerprint density at radius 1 is 1.29 bits per heavy atom. The van der Waals surface area contributed by atoms with Crippen molar-refractivity contribution in [3.8, 4) is 11.9 Å². The number of aromatic amines is 1. The van der Waals surface area contributed by atoms with E-state index in [1.807, 2.05) is 13.8 Å². The van der Waals surface area contributed by atoms with Crippen LogP contribution in [0.5, 0.6) is 5.88 Å². The molecule has 2 aromatic heterocycles. The van der Waals surface area contributed by atoms with Crippen LogP contribution < -0.4 is 4.74 Å². The van der Waals surface area contributed by atoms with Gasteiger partial charge >= 0.3 is 0 Å². The molecule has 0 amide bonds. The topological polar surface area (TPSA) is 70.9 Å². The number of hydrogen-bond donors (Lipinski definition) is 1. The summed E-state index contributed by atoms with van der Waals surface area (Å²) in [5.41, 5.74) is 1.70. The molecule has 130 valence electrons. The molecule has 0 saturated heterocycles. The van der Waals surface area contributed by atoms with Crippen LogP contribution in [0.4, 0.5) is 0 Å². The van der Waals surface area contributed by atoms with E-state index in [2.05, 4.69) is 23.0 Å². The second-order valence-electron chi connectivity index (χ2n) is 6.28. The van der Waals surface area contributed by atoms with E-state index in [9.17, 15) is 5.26 Å². The lowest BCUT2D eigenvalue weighted by atomic mass is 9.87. The summed E-state index contributed by atoms with van der Waals surface area (Å²) in [4.78, 5) is 7.62. The van der Waals surface area contributed by atoms with Gasteiger partial charge in [-0.15, -0.1) is 0 Å². The zero-order valence-electron chi connectivity index (χ0n) is 14.5. The van der Waals surface area contributed by atoms with Gasteiger partial charge in [-0.2, -0.15) is 5.26 Å². The van der Waals surface area contributed by atoms with Gasteiger partial charge in [-0.25, -0.2) is 4.98 Å². The Morgan fingerprint density at radius 3 is 2.79 bits per heavy atom. The lowest BCUT2D eigenvalue weighted by Gasteiger charge is -2.14. The molecule has 1 N–H and O–H groups in total. The number of hydrogen-bond acceptors (Lipinski definition) is 4. The molecule has 0 saturated carbocycles. The maximum Gasteiger partial charge on any atom is 0.233 e. The normalized spacial score (nSPS) is 11.6. The number of unbranched alkanes of at least 4 members (excludes halogenated alkanes) is 2. The van der Waals surface area contributed by atoms with E-state index in [4.69, 9.17) is 21.1 Å². The number of nitriles is 1. The first kappa shape index (κ1) is 18.6. The minimum atomic E-state index is -0.640. The summed E-state index contributed by atoms with van der Waals surface area (Å²) in [7, 11) is 0. The number of nitrogens with zero attached hydrogens (tertiary/aromatic N) is 2. The van der Waals surface area contributed by atoms with E-state index in [0.29, 0.717) is 29.6 Å². The number of pyridine rings is 1. The molecule has 0 aliphatic rings. The maximum atomic E-state index is 9.35. The van der Waals surface area contributed by atoms with Crippen LogP contribution in [0.1, 0.15) is 45.6 Å². The molecule has 0 unspecified atom stereocenters. The highest BCUT2D eigenvalue weighted by Crippen LogP contribution is 2.33. The molecule has 2 rings (SSSR count). The van der Waals surface area contributed by atoms with E-state index in [1.54, 1.807) is 12.3 Å². The van der Waals surface area contributed by atoms with Gasteiger partial charge in [0.05, 0.1) is 29.1 Å². The van der Waals surface area contributed by atoms with Gasteiger partial charge in [0.15, 0.2) is 0 Å². The highest BCUT2D eigenvalue weighted by atomic mass is 35.5. The molecule has 0 aliphatic carbocycles. The van der Waals surface area contributed by atoms with E-state index in [-0.39, 0.29) is 0 Å². The highest BCUT2D eigenvalue weighted by molar-refractivity contribution is 6.32. The summed E-state index contributed by atoms with van der Waals surface area (Å²) in [6.07, 6.45) is 5.22. The molecule has 0 radical (unpaired) electrons. The van der Waals surface area contributed by atoms with Gasteiger partial charge in [-0.05, 0) is 26.3 Å². The Labute approximate surface area is 147 Å².